The Morgan fingerprint density at radius 2 is 1.11 bits per heavy atom. The summed E-state index contributed by atoms with van der Waals surface area (Å²) in [6.45, 7) is 24.3. The molecule has 0 aliphatic carbocycles. The molecule has 0 radical (unpaired) electrons. The number of methoxy groups -OCH3 is 2. The summed E-state index contributed by atoms with van der Waals surface area (Å²) in [6.07, 6.45) is 0. The molecule has 0 N–H and O–H groups in total. The van der Waals surface area contributed by atoms with Crippen LogP contribution in [-0.2, 0) is 23.1 Å². The molecule has 0 rings (SSSR count). The van der Waals surface area contributed by atoms with Gasteiger partial charge in [-0.25, -0.2) is 0 Å². The van der Waals surface area contributed by atoms with Crippen LogP contribution in [0.4, 0.5) is 0 Å². The van der Waals surface area contributed by atoms with E-state index in [1.54, 1.807) is 7.11 Å². The lowest BCUT2D eigenvalue weighted by Gasteiger charge is -2.32. The molecule has 0 saturated carbocycles. The molecule has 0 heterocycles. The van der Waals surface area contributed by atoms with E-state index in [4.69, 9.17) is 18.3 Å². The number of allylic oxidation sites excluding steroid dienone is 2. The van der Waals surface area contributed by atoms with Crippen molar-refractivity contribution in [2.45, 2.75) is 80.8 Å². The zero-order valence-corrected chi connectivity index (χ0v) is 22.0. The number of ether oxygens (including phenoxy) is 2. The minimum absolute atomic E-state index is 0.262. The number of rotatable bonds is 7. The molecule has 0 fully saturated rings. The fourth-order valence-electron chi connectivity index (χ4n) is 2.13. The van der Waals surface area contributed by atoms with Crippen LogP contribution in [0.5, 0.6) is 0 Å². The van der Waals surface area contributed by atoms with Gasteiger partial charge in [0.2, 0.25) is 16.6 Å². The van der Waals surface area contributed by atoms with Gasteiger partial charge >= 0.3 is 5.97 Å². The van der Waals surface area contributed by atoms with Crippen molar-refractivity contribution in [2.75, 3.05) is 14.2 Å². The molecule has 0 aliphatic heterocycles. The van der Waals surface area contributed by atoms with E-state index in [1.165, 1.54) is 7.11 Å². The fourth-order valence-corrected chi connectivity index (χ4v) is 4.05. The van der Waals surface area contributed by atoms with Crippen LogP contribution < -0.4 is 0 Å². The summed E-state index contributed by atoms with van der Waals surface area (Å²) in [5.74, 6) is 1.17. The van der Waals surface area contributed by atoms with Gasteiger partial charge in [-0.3, -0.25) is 4.79 Å². The lowest BCUT2D eigenvalue weighted by atomic mass is 9.89. The molecule has 0 saturated heterocycles. The van der Waals surface area contributed by atoms with Gasteiger partial charge in [-0.15, -0.1) is 0 Å². The van der Waals surface area contributed by atoms with Crippen LogP contribution in [0, 0.1) is 5.41 Å². The minimum atomic E-state index is -1.72. The Bertz CT molecular complexity index is 542. The van der Waals surface area contributed by atoms with Gasteiger partial charge in [-0.2, -0.15) is 0 Å². The lowest BCUT2D eigenvalue weighted by Crippen LogP contribution is -2.35. The monoisotopic (exact) mass is 418 g/mol. The van der Waals surface area contributed by atoms with Crippen LogP contribution in [-0.4, -0.2) is 36.8 Å². The Morgan fingerprint density at radius 1 is 0.704 bits per heavy atom. The highest BCUT2D eigenvalue weighted by atomic mass is 28.4. The first-order valence-electron chi connectivity index (χ1n) is 9.25. The largest absolute Gasteiger partial charge is 0.546 e. The second kappa shape index (κ2) is 10.9. The van der Waals surface area contributed by atoms with Crippen LogP contribution in [0.1, 0.15) is 41.5 Å². The summed E-state index contributed by atoms with van der Waals surface area (Å²) in [4.78, 5) is 11.7. The Kier molecular flexibility index (Phi) is 11.4. The quantitative estimate of drug-likeness (QED) is 0.285. The van der Waals surface area contributed by atoms with E-state index in [1.807, 2.05) is 41.5 Å². The topological polar surface area (TPSA) is 54.0 Å². The van der Waals surface area contributed by atoms with Crippen molar-refractivity contribution in [2.24, 2.45) is 5.41 Å². The standard InChI is InChI=1S/C12H24O3Si.C8H18O2Si/c1-9(2)10(15-16(6,7)8)12(3,4)11(13)14-5;1-7(2)8(9-3)10-11(4,5)6/h1-8H3;1-6H3. The predicted octanol–water partition coefficient (Wildman–Crippen LogP) is 6.07. The van der Waals surface area contributed by atoms with E-state index < -0.39 is 22.0 Å². The molecule has 0 aromatic heterocycles. The molecule has 0 spiro atoms. The Balaban J connectivity index is 0. The number of esters is 1. The van der Waals surface area contributed by atoms with Crippen molar-refractivity contribution in [3.8, 4) is 0 Å². The maximum absolute atomic E-state index is 11.7. The van der Waals surface area contributed by atoms with Crippen molar-refractivity contribution >= 4 is 22.6 Å². The molecule has 0 bridgehead atoms. The van der Waals surface area contributed by atoms with Gasteiger partial charge in [-0.05, 0) is 86.4 Å². The third-order valence-electron chi connectivity index (χ3n) is 3.12. The SMILES string of the molecule is COC(=O)C(C)(C)C(O[Si](C)(C)C)=C(C)C.COC(O[Si](C)(C)C)=C(C)C. The predicted molar refractivity (Wildman–Crippen MR) is 118 cm³/mol. The van der Waals surface area contributed by atoms with Crippen molar-refractivity contribution in [1.82, 2.24) is 0 Å². The molecule has 0 aromatic carbocycles. The van der Waals surface area contributed by atoms with Gasteiger partial charge < -0.3 is 18.3 Å². The first-order valence-corrected chi connectivity index (χ1v) is 16.1. The number of carbonyl (C=O) groups is 1. The van der Waals surface area contributed by atoms with Crippen LogP contribution in [0.3, 0.4) is 0 Å². The molecule has 0 atom stereocenters. The zero-order valence-electron chi connectivity index (χ0n) is 20.0. The summed E-state index contributed by atoms with van der Waals surface area (Å²) in [7, 11) is -0.159. The highest BCUT2D eigenvalue weighted by Crippen LogP contribution is 2.33. The Morgan fingerprint density at radius 3 is 1.30 bits per heavy atom. The second-order valence-corrected chi connectivity index (χ2v) is 18.2. The van der Waals surface area contributed by atoms with E-state index in [2.05, 4.69) is 39.3 Å². The van der Waals surface area contributed by atoms with Gasteiger partial charge in [0.1, 0.15) is 5.41 Å². The van der Waals surface area contributed by atoms with Gasteiger partial charge in [0.25, 0.3) is 5.95 Å². The highest BCUT2D eigenvalue weighted by Gasteiger charge is 2.37. The Labute approximate surface area is 169 Å². The first kappa shape index (κ1) is 28.0. The summed E-state index contributed by atoms with van der Waals surface area (Å²) < 4.78 is 21.6. The van der Waals surface area contributed by atoms with E-state index in [9.17, 15) is 4.79 Å². The molecule has 0 unspecified atom stereocenters. The van der Waals surface area contributed by atoms with Gasteiger partial charge in [0, 0.05) is 5.57 Å². The molecule has 27 heavy (non-hydrogen) atoms. The maximum Gasteiger partial charge on any atom is 0.318 e. The van der Waals surface area contributed by atoms with E-state index >= 15 is 0 Å². The summed E-state index contributed by atoms with van der Waals surface area (Å²) in [5.41, 5.74) is 1.40. The minimum Gasteiger partial charge on any atom is -0.546 e. The fraction of sp³-hybridized carbons (Fsp3) is 0.750. The van der Waals surface area contributed by atoms with Crippen molar-refractivity contribution in [3.63, 3.8) is 0 Å². The van der Waals surface area contributed by atoms with E-state index in [0.717, 1.165) is 16.9 Å². The first-order chi connectivity index (χ1) is 11.9. The summed E-state index contributed by atoms with van der Waals surface area (Å²) in [5, 5.41) is 0. The molecule has 5 nitrogen and oxygen atoms in total. The zero-order chi connectivity index (χ0) is 22.2. The van der Waals surface area contributed by atoms with Crippen molar-refractivity contribution in [3.05, 3.63) is 22.9 Å². The van der Waals surface area contributed by atoms with Crippen molar-refractivity contribution < 1.29 is 23.1 Å². The molecule has 0 amide bonds. The lowest BCUT2D eigenvalue weighted by molar-refractivity contribution is -0.149. The molecule has 7 heteroatoms. The Hall–Kier alpha value is -1.22. The van der Waals surface area contributed by atoms with Gasteiger partial charge in [-0.1, -0.05) is 0 Å². The average molecular weight is 419 g/mol. The van der Waals surface area contributed by atoms with Crippen LogP contribution in [0.2, 0.25) is 39.3 Å². The summed E-state index contributed by atoms with van der Waals surface area (Å²) in [6, 6.07) is 0. The van der Waals surface area contributed by atoms with Gasteiger partial charge in [0.15, 0.2) is 0 Å². The number of carbonyl (C=O) groups excluding carboxylic acids is 1. The highest BCUT2D eigenvalue weighted by molar-refractivity contribution is 6.70. The normalized spacial score (nSPS) is 11.5. The molecule has 0 aromatic rings. The average Bonchev–Trinajstić information content (AvgIpc) is 2.47. The third kappa shape index (κ3) is 12.0. The van der Waals surface area contributed by atoms with Crippen LogP contribution >= 0.6 is 0 Å². The molecular formula is C20H42O5Si2. The maximum atomic E-state index is 11.7. The van der Waals surface area contributed by atoms with E-state index in [-0.39, 0.29) is 5.97 Å². The van der Waals surface area contributed by atoms with Crippen LogP contribution in [0.15, 0.2) is 22.9 Å². The number of hydrogen-bond donors (Lipinski definition) is 0. The molecular weight excluding hydrogens is 376 g/mol. The van der Waals surface area contributed by atoms with Crippen molar-refractivity contribution in [1.29, 1.82) is 0 Å². The summed E-state index contributed by atoms with van der Waals surface area (Å²) >= 11 is 0. The molecule has 160 valence electrons. The smallest absolute Gasteiger partial charge is 0.318 e. The van der Waals surface area contributed by atoms with Crippen LogP contribution in [0.25, 0.3) is 0 Å². The third-order valence-corrected chi connectivity index (χ3v) is 4.73. The number of hydrogen-bond acceptors (Lipinski definition) is 5. The molecule has 0 aliphatic rings. The van der Waals surface area contributed by atoms with Gasteiger partial charge in [0.05, 0.1) is 20.0 Å². The second-order valence-electron chi connectivity index (χ2n) is 9.37. The van der Waals surface area contributed by atoms with E-state index in [0.29, 0.717) is 5.95 Å².